The van der Waals surface area contributed by atoms with Crippen molar-refractivity contribution in [2.24, 2.45) is 5.92 Å². The van der Waals surface area contributed by atoms with E-state index in [9.17, 15) is 14.7 Å². The first-order valence-electron chi connectivity index (χ1n) is 8.99. The molecule has 5 heteroatoms. The molecule has 0 radical (unpaired) electrons. The zero-order valence-electron chi connectivity index (χ0n) is 14.4. The minimum Gasteiger partial charge on any atom is -0.481 e. The summed E-state index contributed by atoms with van der Waals surface area (Å²) in [5.74, 6) is -1.37. The highest BCUT2D eigenvalue weighted by molar-refractivity contribution is 5.79. The maximum Gasteiger partial charge on any atom is 0.407 e. The Kier molecular flexibility index (Phi) is 4.37. The summed E-state index contributed by atoms with van der Waals surface area (Å²) < 4.78 is 5.49. The van der Waals surface area contributed by atoms with E-state index in [1.807, 2.05) is 24.3 Å². The smallest absolute Gasteiger partial charge is 0.407 e. The van der Waals surface area contributed by atoms with Crippen molar-refractivity contribution in [1.29, 1.82) is 0 Å². The van der Waals surface area contributed by atoms with Crippen molar-refractivity contribution in [1.82, 2.24) is 5.32 Å². The molecule has 0 aromatic heterocycles. The van der Waals surface area contributed by atoms with Crippen molar-refractivity contribution in [3.05, 3.63) is 59.7 Å². The molecule has 1 fully saturated rings. The Bertz CT molecular complexity index is 802. The molecule has 0 spiro atoms. The van der Waals surface area contributed by atoms with Gasteiger partial charge in [-0.3, -0.25) is 4.79 Å². The maximum absolute atomic E-state index is 12.2. The number of hydrogen-bond donors (Lipinski definition) is 2. The molecule has 2 atom stereocenters. The van der Waals surface area contributed by atoms with Crippen molar-refractivity contribution in [3.8, 4) is 11.1 Å². The molecule has 4 rings (SSSR count). The van der Waals surface area contributed by atoms with Gasteiger partial charge < -0.3 is 15.2 Å². The van der Waals surface area contributed by atoms with Crippen LogP contribution in [0.25, 0.3) is 11.1 Å². The Morgan fingerprint density at radius 3 is 2.23 bits per heavy atom. The third-order valence-electron chi connectivity index (χ3n) is 5.48. The highest BCUT2D eigenvalue weighted by Gasteiger charge is 2.35. The van der Waals surface area contributed by atoms with E-state index in [4.69, 9.17) is 4.74 Å². The molecule has 0 heterocycles. The van der Waals surface area contributed by atoms with Crippen molar-refractivity contribution in [3.63, 3.8) is 0 Å². The van der Waals surface area contributed by atoms with Crippen molar-refractivity contribution < 1.29 is 19.4 Å². The van der Waals surface area contributed by atoms with E-state index in [0.29, 0.717) is 12.8 Å². The normalized spacial score (nSPS) is 21.1. The number of amides is 1. The van der Waals surface area contributed by atoms with Crippen LogP contribution >= 0.6 is 0 Å². The van der Waals surface area contributed by atoms with Gasteiger partial charge in [-0.2, -0.15) is 0 Å². The minimum absolute atomic E-state index is 0.00648. The van der Waals surface area contributed by atoms with Crippen LogP contribution in [0.4, 0.5) is 4.79 Å². The summed E-state index contributed by atoms with van der Waals surface area (Å²) in [6.45, 7) is 0.240. The molecule has 2 aromatic rings. The summed E-state index contributed by atoms with van der Waals surface area (Å²) in [4.78, 5) is 23.5. The lowest BCUT2D eigenvalue weighted by Gasteiger charge is -2.19. The number of carboxylic acid groups (broad SMARTS) is 1. The fourth-order valence-electron chi connectivity index (χ4n) is 4.22. The summed E-state index contributed by atoms with van der Waals surface area (Å²) in [5, 5.41) is 12.0. The highest BCUT2D eigenvalue weighted by atomic mass is 16.5. The van der Waals surface area contributed by atoms with E-state index in [-0.39, 0.29) is 18.6 Å². The second-order valence-corrected chi connectivity index (χ2v) is 6.95. The zero-order chi connectivity index (χ0) is 18.1. The molecule has 134 valence electrons. The van der Waals surface area contributed by atoms with Crippen LogP contribution in [0, 0.1) is 5.92 Å². The molecule has 1 amide bonds. The fraction of sp³-hybridized carbons (Fsp3) is 0.333. The van der Waals surface area contributed by atoms with E-state index in [2.05, 4.69) is 29.6 Å². The van der Waals surface area contributed by atoms with Crippen LogP contribution in [-0.2, 0) is 9.53 Å². The van der Waals surface area contributed by atoms with E-state index < -0.39 is 18.0 Å². The van der Waals surface area contributed by atoms with Gasteiger partial charge in [0.05, 0.1) is 5.92 Å². The Hall–Kier alpha value is -2.82. The van der Waals surface area contributed by atoms with Crippen molar-refractivity contribution in [2.75, 3.05) is 6.61 Å². The van der Waals surface area contributed by atoms with Crippen LogP contribution in [0.3, 0.4) is 0 Å². The molecule has 5 nitrogen and oxygen atoms in total. The Morgan fingerprint density at radius 1 is 1.00 bits per heavy atom. The molecule has 0 aliphatic heterocycles. The van der Waals surface area contributed by atoms with Crippen LogP contribution < -0.4 is 5.32 Å². The van der Waals surface area contributed by atoms with Gasteiger partial charge in [0.25, 0.3) is 0 Å². The average molecular weight is 351 g/mol. The minimum atomic E-state index is -0.855. The lowest BCUT2D eigenvalue weighted by Crippen LogP contribution is -2.40. The van der Waals surface area contributed by atoms with Crippen LogP contribution in [0.5, 0.6) is 0 Å². The Balaban J connectivity index is 1.45. The van der Waals surface area contributed by atoms with Crippen LogP contribution in [0.2, 0.25) is 0 Å². The molecule has 0 saturated heterocycles. The SMILES string of the molecule is O=C(N[C@H]1CCCC1C(=O)O)OCC1c2ccccc2-c2ccccc21. The lowest BCUT2D eigenvalue weighted by molar-refractivity contribution is -0.142. The average Bonchev–Trinajstić information content (AvgIpc) is 3.23. The first kappa shape index (κ1) is 16.6. The van der Waals surface area contributed by atoms with Gasteiger partial charge in [0, 0.05) is 12.0 Å². The highest BCUT2D eigenvalue weighted by Crippen LogP contribution is 2.44. The lowest BCUT2D eigenvalue weighted by atomic mass is 9.98. The van der Waals surface area contributed by atoms with Gasteiger partial charge in [-0.05, 0) is 35.1 Å². The van der Waals surface area contributed by atoms with E-state index in [1.165, 1.54) is 11.1 Å². The van der Waals surface area contributed by atoms with E-state index >= 15 is 0 Å². The molecular weight excluding hydrogens is 330 g/mol. The number of rotatable bonds is 4. The fourth-order valence-corrected chi connectivity index (χ4v) is 4.22. The second kappa shape index (κ2) is 6.83. The monoisotopic (exact) mass is 351 g/mol. The zero-order valence-corrected chi connectivity index (χ0v) is 14.4. The molecule has 1 unspecified atom stereocenters. The van der Waals surface area contributed by atoms with Gasteiger partial charge in [-0.25, -0.2) is 4.79 Å². The third kappa shape index (κ3) is 2.94. The number of aliphatic carboxylic acids is 1. The van der Waals surface area contributed by atoms with Crippen LogP contribution in [0.15, 0.2) is 48.5 Å². The number of benzene rings is 2. The Morgan fingerprint density at radius 2 is 1.62 bits per heavy atom. The number of ether oxygens (including phenoxy) is 1. The van der Waals surface area contributed by atoms with E-state index in [1.54, 1.807) is 0 Å². The molecule has 1 saturated carbocycles. The Labute approximate surface area is 152 Å². The molecular formula is C21H21NO4. The number of nitrogens with one attached hydrogen (secondary N) is 1. The summed E-state index contributed by atoms with van der Waals surface area (Å²) in [6, 6.07) is 16.0. The van der Waals surface area contributed by atoms with Crippen molar-refractivity contribution in [2.45, 2.75) is 31.2 Å². The number of carboxylic acids is 1. The molecule has 2 aliphatic rings. The predicted octanol–water partition coefficient (Wildman–Crippen LogP) is 3.78. The quantitative estimate of drug-likeness (QED) is 0.879. The first-order valence-corrected chi connectivity index (χ1v) is 8.99. The van der Waals surface area contributed by atoms with Gasteiger partial charge in [-0.1, -0.05) is 55.0 Å². The van der Waals surface area contributed by atoms with Gasteiger partial charge in [0.1, 0.15) is 6.61 Å². The molecule has 0 bridgehead atoms. The van der Waals surface area contributed by atoms with Gasteiger partial charge in [-0.15, -0.1) is 0 Å². The van der Waals surface area contributed by atoms with Gasteiger partial charge >= 0.3 is 12.1 Å². The third-order valence-corrected chi connectivity index (χ3v) is 5.48. The number of alkyl carbamates (subject to hydrolysis) is 1. The summed E-state index contributed by atoms with van der Waals surface area (Å²) >= 11 is 0. The number of carbonyl (C=O) groups excluding carboxylic acids is 1. The van der Waals surface area contributed by atoms with Gasteiger partial charge in [0.2, 0.25) is 0 Å². The van der Waals surface area contributed by atoms with Crippen LogP contribution in [-0.4, -0.2) is 29.8 Å². The van der Waals surface area contributed by atoms with Gasteiger partial charge in [0.15, 0.2) is 0 Å². The largest absolute Gasteiger partial charge is 0.481 e. The summed E-state index contributed by atoms with van der Waals surface area (Å²) in [7, 11) is 0. The maximum atomic E-state index is 12.2. The second-order valence-electron chi connectivity index (χ2n) is 6.95. The standard InChI is InChI=1S/C21H21NO4/c23-20(24)17-10-5-11-19(17)22-21(25)26-12-18-15-8-3-1-6-13(15)14-7-2-4-9-16(14)18/h1-4,6-9,17-19H,5,10-12H2,(H,22,25)(H,23,24)/t17?,19-/m0/s1. The summed E-state index contributed by atoms with van der Waals surface area (Å²) in [6.07, 6.45) is 1.56. The number of carbonyl (C=O) groups is 2. The van der Waals surface area contributed by atoms with Crippen LogP contribution in [0.1, 0.15) is 36.3 Å². The summed E-state index contributed by atoms with van der Waals surface area (Å²) in [5.41, 5.74) is 4.68. The molecule has 2 aliphatic carbocycles. The molecule has 26 heavy (non-hydrogen) atoms. The molecule has 2 aromatic carbocycles. The predicted molar refractivity (Wildman–Crippen MR) is 97.0 cm³/mol. The topological polar surface area (TPSA) is 75.6 Å². The number of hydrogen-bond acceptors (Lipinski definition) is 3. The first-order chi connectivity index (χ1) is 12.6. The van der Waals surface area contributed by atoms with Crippen molar-refractivity contribution >= 4 is 12.1 Å². The molecule has 2 N–H and O–H groups in total. The number of fused-ring (bicyclic) bond motifs is 3. The van der Waals surface area contributed by atoms with E-state index in [0.717, 1.165) is 17.5 Å².